The maximum atomic E-state index is 12.3. The van der Waals surface area contributed by atoms with Crippen molar-refractivity contribution in [3.05, 3.63) is 17.5 Å². The standard InChI is InChI=1S/C15H21N3O3/c1-8(11-6-9-3-4-10(11)5-9)16-14(19)13-12(15(20)21)7-18(2)17-13/h7-11H,3-6H2,1-2H3,(H,16,19)(H,20,21)/t8-,9-,10-,11-/m0/s1. The lowest BCUT2D eigenvalue weighted by molar-refractivity contribution is 0.0689. The van der Waals surface area contributed by atoms with Gasteiger partial charge in [-0.1, -0.05) is 6.42 Å². The largest absolute Gasteiger partial charge is 0.478 e. The number of nitrogens with zero attached hydrogens (tertiary/aromatic N) is 2. The van der Waals surface area contributed by atoms with Gasteiger partial charge in [-0.25, -0.2) is 4.79 Å². The average Bonchev–Trinajstić information content (AvgIpc) is 3.12. The SMILES string of the molecule is C[C@H](NC(=O)c1nn(C)cc1C(=O)O)[C@@H]1C[C@H]2CC[C@H]1C2. The van der Waals surface area contributed by atoms with Crippen molar-refractivity contribution in [1.82, 2.24) is 15.1 Å². The van der Waals surface area contributed by atoms with Crippen LogP contribution in [0.4, 0.5) is 0 Å². The Morgan fingerprint density at radius 1 is 1.43 bits per heavy atom. The van der Waals surface area contributed by atoms with Gasteiger partial charge in [-0.3, -0.25) is 9.48 Å². The molecule has 0 radical (unpaired) electrons. The molecule has 2 fully saturated rings. The fourth-order valence-corrected chi connectivity index (χ4v) is 4.10. The van der Waals surface area contributed by atoms with Gasteiger partial charge in [0.15, 0.2) is 5.69 Å². The second kappa shape index (κ2) is 5.16. The molecule has 0 saturated heterocycles. The molecule has 1 aromatic rings. The molecule has 0 unspecified atom stereocenters. The summed E-state index contributed by atoms with van der Waals surface area (Å²) < 4.78 is 1.36. The molecule has 2 saturated carbocycles. The van der Waals surface area contributed by atoms with Gasteiger partial charge in [-0.05, 0) is 43.9 Å². The molecule has 4 atom stereocenters. The van der Waals surface area contributed by atoms with Gasteiger partial charge >= 0.3 is 5.97 Å². The zero-order valence-corrected chi connectivity index (χ0v) is 12.4. The molecule has 1 aromatic heterocycles. The van der Waals surface area contributed by atoms with E-state index in [9.17, 15) is 9.59 Å². The number of aromatic nitrogens is 2. The fraction of sp³-hybridized carbons (Fsp3) is 0.667. The van der Waals surface area contributed by atoms with Crippen LogP contribution in [-0.2, 0) is 7.05 Å². The summed E-state index contributed by atoms with van der Waals surface area (Å²) >= 11 is 0. The van der Waals surface area contributed by atoms with Crippen molar-refractivity contribution in [2.45, 2.75) is 38.6 Å². The number of hydrogen-bond donors (Lipinski definition) is 2. The molecule has 1 heterocycles. The number of aromatic carboxylic acids is 1. The number of carboxylic acids is 1. The van der Waals surface area contributed by atoms with E-state index in [1.54, 1.807) is 7.05 Å². The molecule has 0 spiro atoms. The molecule has 1 amide bonds. The zero-order valence-electron chi connectivity index (χ0n) is 12.4. The van der Waals surface area contributed by atoms with E-state index in [-0.39, 0.29) is 23.2 Å². The van der Waals surface area contributed by atoms with E-state index in [1.807, 2.05) is 6.92 Å². The minimum absolute atomic E-state index is 0.00000591. The summed E-state index contributed by atoms with van der Waals surface area (Å²) in [5.74, 6) is 0.547. The number of fused-ring (bicyclic) bond motifs is 2. The van der Waals surface area contributed by atoms with Gasteiger partial charge in [-0.15, -0.1) is 0 Å². The third-order valence-corrected chi connectivity index (χ3v) is 5.07. The third-order valence-electron chi connectivity index (χ3n) is 5.07. The van der Waals surface area contributed by atoms with Gasteiger partial charge in [0.1, 0.15) is 5.56 Å². The molecule has 3 rings (SSSR count). The maximum absolute atomic E-state index is 12.3. The van der Waals surface area contributed by atoms with Crippen LogP contribution < -0.4 is 5.32 Å². The minimum atomic E-state index is -1.12. The minimum Gasteiger partial charge on any atom is -0.478 e. The third kappa shape index (κ3) is 2.54. The van der Waals surface area contributed by atoms with Crippen molar-refractivity contribution in [1.29, 1.82) is 0 Å². The Balaban J connectivity index is 1.70. The molecular weight excluding hydrogens is 270 g/mol. The predicted molar refractivity (Wildman–Crippen MR) is 76.0 cm³/mol. The highest BCUT2D eigenvalue weighted by Gasteiger charge is 2.42. The Labute approximate surface area is 123 Å². The van der Waals surface area contributed by atoms with Crippen molar-refractivity contribution in [2.75, 3.05) is 0 Å². The Morgan fingerprint density at radius 3 is 2.76 bits per heavy atom. The van der Waals surface area contributed by atoms with E-state index in [2.05, 4.69) is 10.4 Å². The average molecular weight is 291 g/mol. The van der Waals surface area contributed by atoms with Crippen molar-refractivity contribution < 1.29 is 14.7 Å². The van der Waals surface area contributed by atoms with Gasteiger partial charge in [0.25, 0.3) is 5.91 Å². The molecule has 6 heteroatoms. The van der Waals surface area contributed by atoms with Gasteiger partial charge in [0.05, 0.1) is 0 Å². The lowest BCUT2D eigenvalue weighted by Crippen LogP contribution is -2.40. The van der Waals surface area contributed by atoms with Crippen molar-refractivity contribution in [2.24, 2.45) is 24.8 Å². The Morgan fingerprint density at radius 2 is 2.19 bits per heavy atom. The molecule has 0 aromatic carbocycles. The number of aryl methyl sites for hydroxylation is 1. The number of carbonyl (C=O) groups excluding carboxylic acids is 1. The number of hydrogen-bond acceptors (Lipinski definition) is 3. The smallest absolute Gasteiger partial charge is 0.339 e. The Bertz CT molecular complexity index is 581. The monoisotopic (exact) mass is 291 g/mol. The lowest BCUT2D eigenvalue weighted by atomic mass is 9.84. The summed E-state index contributed by atoms with van der Waals surface area (Å²) in [7, 11) is 1.61. The Kier molecular flexibility index (Phi) is 3.47. The molecule has 2 aliphatic carbocycles. The summed E-state index contributed by atoms with van der Waals surface area (Å²) in [6.45, 7) is 2.02. The highest BCUT2D eigenvalue weighted by atomic mass is 16.4. The number of rotatable bonds is 4. The maximum Gasteiger partial charge on any atom is 0.339 e. The van der Waals surface area contributed by atoms with Crippen LogP contribution in [0.25, 0.3) is 0 Å². The molecular formula is C15H21N3O3. The second-order valence-corrected chi connectivity index (χ2v) is 6.47. The normalized spacial score (nSPS) is 28.6. The van der Waals surface area contributed by atoms with Crippen molar-refractivity contribution in [3.63, 3.8) is 0 Å². The van der Waals surface area contributed by atoms with Crippen molar-refractivity contribution in [3.8, 4) is 0 Å². The first-order chi connectivity index (χ1) is 9.95. The second-order valence-electron chi connectivity index (χ2n) is 6.47. The number of carboxylic acid groups (broad SMARTS) is 1. The van der Waals surface area contributed by atoms with Crippen LogP contribution in [0, 0.1) is 17.8 Å². The van der Waals surface area contributed by atoms with E-state index in [1.165, 1.54) is 36.6 Å². The topological polar surface area (TPSA) is 84.2 Å². The van der Waals surface area contributed by atoms with Crippen LogP contribution in [-0.4, -0.2) is 32.8 Å². The first kappa shape index (κ1) is 14.1. The van der Waals surface area contributed by atoms with Crippen LogP contribution in [0.2, 0.25) is 0 Å². The van der Waals surface area contributed by atoms with Gasteiger partial charge in [0.2, 0.25) is 0 Å². The van der Waals surface area contributed by atoms with E-state index < -0.39 is 5.97 Å². The number of amides is 1. The Hall–Kier alpha value is -1.85. The van der Waals surface area contributed by atoms with E-state index >= 15 is 0 Å². The van der Waals surface area contributed by atoms with Crippen LogP contribution in [0.15, 0.2) is 6.20 Å². The first-order valence-corrected chi connectivity index (χ1v) is 7.53. The predicted octanol–water partition coefficient (Wildman–Crippen LogP) is 1.67. The summed E-state index contributed by atoms with van der Waals surface area (Å²) in [5.41, 5.74) is -0.0462. The molecule has 2 bridgehead atoms. The van der Waals surface area contributed by atoms with Gasteiger partial charge in [-0.2, -0.15) is 5.10 Å². The van der Waals surface area contributed by atoms with Crippen LogP contribution in [0.3, 0.4) is 0 Å². The van der Waals surface area contributed by atoms with E-state index in [0.29, 0.717) is 11.8 Å². The lowest BCUT2D eigenvalue weighted by Gasteiger charge is -2.28. The highest BCUT2D eigenvalue weighted by molar-refractivity contribution is 6.03. The molecule has 2 N–H and O–H groups in total. The molecule has 2 aliphatic rings. The van der Waals surface area contributed by atoms with Crippen molar-refractivity contribution >= 4 is 11.9 Å². The summed E-state index contributed by atoms with van der Waals surface area (Å²) in [5, 5.41) is 16.1. The van der Waals surface area contributed by atoms with Crippen LogP contribution in [0.5, 0.6) is 0 Å². The zero-order chi connectivity index (χ0) is 15.1. The molecule has 114 valence electrons. The summed E-state index contributed by atoms with van der Waals surface area (Å²) in [6.07, 6.45) is 6.42. The van der Waals surface area contributed by atoms with Crippen LogP contribution in [0.1, 0.15) is 53.5 Å². The van der Waals surface area contributed by atoms with E-state index in [4.69, 9.17) is 5.11 Å². The summed E-state index contributed by atoms with van der Waals surface area (Å²) in [4.78, 5) is 23.5. The first-order valence-electron chi connectivity index (χ1n) is 7.53. The number of nitrogens with one attached hydrogen (secondary N) is 1. The number of carbonyl (C=O) groups is 2. The quantitative estimate of drug-likeness (QED) is 0.884. The fourth-order valence-electron chi connectivity index (χ4n) is 4.10. The molecule has 21 heavy (non-hydrogen) atoms. The van der Waals surface area contributed by atoms with E-state index in [0.717, 1.165) is 5.92 Å². The molecule has 0 aliphatic heterocycles. The summed E-state index contributed by atoms with van der Waals surface area (Å²) in [6, 6.07) is 0.0662. The highest BCUT2D eigenvalue weighted by Crippen LogP contribution is 2.49. The van der Waals surface area contributed by atoms with Crippen LogP contribution >= 0.6 is 0 Å². The molecule has 6 nitrogen and oxygen atoms in total. The van der Waals surface area contributed by atoms with Gasteiger partial charge in [0, 0.05) is 19.3 Å². The van der Waals surface area contributed by atoms with Gasteiger partial charge < -0.3 is 10.4 Å².